The second-order valence-electron chi connectivity index (χ2n) is 3.48. The normalized spacial score (nSPS) is 10.1. The zero-order valence-corrected chi connectivity index (χ0v) is 9.19. The summed E-state index contributed by atoms with van der Waals surface area (Å²) in [7, 11) is 1.37. The van der Waals surface area contributed by atoms with E-state index in [1.165, 1.54) is 7.11 Å². The molecule has 3 heteroatoms. The van der Waals surface area contributed by atoms with Gasteiger partial charge < -0.3 is 9.15 Å². The number of aryl methyl sites for hydroxylation is 1. The number of carbonyl (C=O) groups is 1. The molecule has 1 heterocycles. The first-order chi connectivity index (χ1) is 7.70. The Morgan fingerprint density at radius 1 is 1.25 bits per heavy atom. The van der Waals surface area contributed by atoms with Crippen LogP contribution < -0.4 is 0 Å². The molecule has 0 N–H and O–H groups in total. The lowest BCUT2D eigenvalue weighted by molar-refractivity contribution is 0.0601. The van der Waals surface area contributed by atoms with Gasteiger partial charge in [-0.15, -0.1) is 0 Å². The maximum atomic E-state index is 11.3. The third kappa shape index (κ3) is 1.98. The summed E-state index contributed by atoms with van der Waals surface area (Å²) < 4.78 is 10.1. The molecule has 2 rings (SSSR count). The van der Waals surface area contributed by atoms with E-state index in [1.807, 2.05) is 25.1 Å². The minimum Gasteiger partial charge on any atom is -0.465 e. The van der Waals surface area contributed by atoms with Gasteiger partial charge in [0.05, 0.1) is 12.7 Å². The molecule has 0 fully saturated rings. The third-order valence-electron chi connectivity index (χ3n) is 2.31. The fourth-order valence-electron chi connectivity index (χ4n) is 1.51. The summed E-state index contributed by atoms with van der Waals surface area (Å²) in [6.45, 7) is 1.88. The molecule has 0 aliphatic rings. The number of methoxy groups -OCH3 is 1. The maximum absolute atomic E-state index is 11.3. The number of rotatable bonds is 2. The van der Waals surface area contributed by atoms with Crippen molar-refractivity contribution >= 4 is 5.97 Å². The van der Waals surface area contributed by atoms with Crippen LogP contribution in [0.2, 0.25) is 0 Å². The highest BCUT2D eigenvalue weighted by Gasteiger charge is 2.08. The molecule has 0 aliphatic heterocycles. The van der Waals surface area contributed by atoms with E-state index in [0.29, 0.717) is 5.56 Å². The second-order valence-corrected chi connectivity index (χ2v) is 3.48. The van der Waals surface area contributed by atoms with Crippen LogP contribution in [0.5, 0.6) is 0 Å². The standard InChI is InChI=1S/C13H12O3/c1-9-6-7-12(16-9)10-4-3-5-11(8-10)13(14)15-2/h3-8H,1-2H3. The molecule has 82 valence electrons. The molecule has 0 saturated carbocycles. The van der Waals surface area contributed by atoms with Gasteiger partial charge in [-0.1, -0.05) is 12.1 Å². The van der Waals surface area contributed by atoms with Crippen LogP contribution in [0.15, 0.2) is 40.8 Å². The van der Waals surface area contributed by atoms with Gasteiger partial charge in [-0.3, -0.25) is 0 Å². The molecule has 0 saturated heterocycles. The summed E-state index contributed by atoms with van der Waals surface area (Å²) in [5, 5.41) is 0. The van der Waals surface area contributed by atoms with Crippen LogP contribution in [-0.4, -0.2) is 13.1 Å². The van der Waals surface area contributed by atoms with Gasteiger partial charge in [-0.05, 0) is 31.2 Å². The summed E-state index contributed by atoms with van der Waals surface area (Å²) >= 11 is 0. The van der Waals surface area contributed by atoms with Crippen LogP contribution in [0.25, 0.3) is 11.3 Å². The van der Waals surface area contributed by atoms with Gasteiger partial charge in [0.1, 0.15) is 11.5 Å². The van der Waals surface area contributed by atoms with Crippen molar-refractivity contribution in [1.82, 2.24) is 0 Å². The minimum absolute atomic E-state index is 0.342. The lowest BCUT2D eigenvalue weighted by Crippen LogP contribution is -2.00. The predicted octanol–water partition coefficient (Wildman–Crippen LogP) is 3.04. The molecule has 1 aromatic heterocycles. The molecule has 3 nitrogen and oxygen atoms in total. The number of furan rings is 1. The highest BCUT2D eigenvalue weighted by molar-refractivity contribution is 5.90. The zero-order valence-electron chi connectivity index (χ0n) is 9.19. The molecule has 0 aliphatic carbocycles. The Bertz CT molecular complexity index is 511. The van der Waals surface area contributed by atoms with E-state index in [0.717, 1.165) is 17.1 Å². The first-order valence-electron chi connectivity index (χ1n) is 4.96. The Morgan fingerprint density at radius 2 is 2.06 bits per heavy atom. The Kier molecular flexibility index (Phi) is 2.77. The summed E-state index contributed by atoms with van der Waals surface area (Å²) in [4.78, 5) is 11.3. The van der Waals surface area contributed by atoms with E-state index in [-0.39, 0.29) is 5.97 Å². The minimum atomic E-state index is -0.342. The van der Waals surface area contributed by atoms with Crippen molar-refractivity contribution in [1.29, 1.82) is 0 Å². The van der Waals surface area contributed by atoms with Crippen LogP contribution in [0, 0.1) is 6.92 Å². The SMILES string of the molecule is COC(=O)c1cccc(-c2ccc(C)o2)c1. The fourth-order valence-corrected chi connectivity index (χ4v) is 1.51. The van der Waals surface area contributed by atoms with Gasteiger partial charge in [-0.2, -0.15) is 0 Å². The molecular weight excluding hydrogens is 204 g/mol. The second kappa shape index (κ2) is 4.23. The molecule has 0 spiro atoms. The van der Waals surface area contributed by atoms with Gasteiger partial charge in [0, 0.05) is 5.56 Å². The van der Waals surface area contributed by atoms with Crippen molar-refractivity contribution in [3.8, 4) is 11.3 Å². The summed E-state index contributed by atoms with van der Waals surface area (Å²) in [6, 6.07) is 10.9. The van der Waals surface area contributed by atoms with Crippen molar-refractivity contribution in [3.63, 3.8) is 0 Å². The van der Waals surface area contributed by atoms with Crippen molar-refractivity contribution in [3.05, 3.63) is 47.7 Å². The number of hydrogen-bond donors (Lipinski definition) is 0. The lowest BCUT2D eigenvalue weighted by atomic mass is 10.1. The van der Waals surface area contributed by atoms with Crippen LogP contribution in [-0.2, 0) is 4.74 Å². The molecule has 0 bridgehead atoms. The van der Waals surface area contributed by atoms with Gasteiger partial charge >= 0.3 is 5.97 Å². The molecule has 0 atom stereocenters. The largest absolute Gasteiger partial charge is 0.465 e. The third-order valence-corrected chi connectivity index (χ3v) is 2.31. The molecule has 0 radical (unpaired) electrons. The number of esters is 1. The topological polar surface area (TPSA) is 39.4 Å². The Hall–Kier alpha value is -2.03. The monoisotopic (exact) mass is 216 g/mol. The quantitative estimate of drug-likeness (QED) is 0.724. The van der Waals surface area contributed by atoms with Crippen molar-refractivity contribution in [2.75, 3.05) is 7.11 Å². The van der Waals surface area contributed by atoms with Gasteiger partial charge in [0.25, 0.3) is 0 Å². The van der Waals surface area contributed by atoms with Crippen molar-refractivity contribution in [2.45, 2.75) is 6.92 Å². The van der Waals surface area contributed by atoms with Crippen molar-refractivity contribution < 1.29 is 13.9 Å². The molecule has 0 unspecified atom stereocenters. The summed E-state index contributed by atoms with van der Waals surface area (Å²) in [5.41, 5.74) is 1.39. The highest BCUT2D eigenvalue weighted by atomic mass is 16.5. The molecule has 2 aromatic rings. The van der Waals surface area contributed by atoms with Crippen molar-refractivity contribution in [2.24, 2.45) is 0 Å². The zero-order chi connectivity index (χ0) is 11.5. The number of carbonyl (C=O) groups excluding carboxylic acids is 1. The Labute approximate surface area is 93.7 Å². The van der Waals surface area contributed by atoms with E-state index in [1.54, 1.807) is 18.2 Å². The maximum Gasteiger partial charge on any atom is 0.337 e. The molecule has 16 heavy (non-hydrogen) atoms. The molecular formula is C13H12O3. The Morgan fingerprint density at radius 3 is 2.69 bits per heavy atom. The van der Waals surface area contributed by atoms with Gasteiger partial charge in [0.15, 0.2) is 0 Å². The van der Waals surface area contributed by atoms with Crippen LogP contribution in [0.3, 0.4) is 0 Å². The number of ether oxygens (including phenoxy) is 1. The predicted molar refractivity (Wildman–Crippen MR) is 60.2 cm³/mol. The van der Waals surface area contributed by atoms with Crippen LogP contribution >= 0.6 is 0 Å². The van der Waals surface area contributed by atoms with Crippen LogP contribution in [0.1, 0.15) is 16.1 Å². The van der Waals surface area contributed by atoms with E-state index >= 15 is 0 Å². The first kappa shape index (κ1) is 10.5. The number of benzene rings is 1. The smallest absolute Gasteiger partial charge is 0.337 e. The fraction of sp³-hybridized carbons (Fsp3) is 0.154. The first-order valence-corrected chi connectivity index (χ1v) is 4.96. The van der Waals surface area contributed by atoms with E-state index in [2.05, 4.69) is 4.74 Å². The Balaban J connectivity index is 2.39. The molecule has 1 aromatic carbocycles. The summed E-state index contributed by atoms with van der Waals surface area (Å²) in [6.07, 6.45) is 0. The number of hydrogen-bond acceptors (Lipinski definition) is 3. The molecule has 0 amide bonds. The lowest BCUT2D eigenvalue weighted by Gasteiger charge is -2.01. The van der Waals surface area contributed by atoms with E-state index in [4.69, 9.17) is 4.42 Å². The van der Waals surface area contributed by atoms with Gasteiger partial charge in [-0.25, -0.2) is 4.79 Å². The summed E-state index contributed by atoms with van der Waals surface area (Å²) in [5.74, 6) is 1.26. The highest BCUT2D eigenvalue weighted by Crippen LogP contribution is 2.22. The average Bonchev–Trinajstić information content (AvgIpc) is 2.75. The van der Waals surface area contributed by atoms with Crippen LogP contribution in [0.4, 0.5) is 0 Å². The van der Waals surface area contributed by atoms with Gasteiger partial charge in [0.2, 0.25) is 0 Å². The van der Waals surface area contributed by atoms with E-state index in [9.17, 15) is 4.79 Å². The van der Waals surface area contributed by atoms with E-state index < -0.39 is 0 Å². The average molecular weight is 216 g/mol.